The van der Waals surface area contributed by atoms with E-state index >= 15 is 0 Å². The smallest absolute Gasteiger partial charge is 0.362 e. The van der Waals surface area contributed by atoms with E-state index in [-0.39, 0.29) is 0 Å². The highest BCUT2D eigenvalue weighted by Gasteiger charge is 2.28. The zero-order chi connectivity index (χ0) is 16.9. The van der Waals surface area contributed by atoms with E-state index in [2.05, 4.69) is 14.7 Å². The fourth-order valence-electron chi connectivity index (χ4n) is 2.54. The van der Waals surface area contributed by atoms with Crippen molar-refractivity contribution in [2.24, 2.45) is 7.05 Å². The van der Waals surface area contributed by atoms with E-state index in [0.717, 1.165) is 25.1 Å². The third-order valence-corrected chi connectivity index (χ3v) is 3.60. The van der Waals surface area contributed by atoms with Gasteiger partial charge in [-0.15, -0.1) is 0 Å². The molecule has 1 amide bonds. The monoisotopic (exact) mass is 334 g/mol. The highest BCUT2D eigenvalue weighted by Crippen LogP contribution is 2.14. The molecule has 1 aromatic rings. The van der Waals surface area contributed by atoms with E-state index in [1.807, 2.05) is 13.2 Å². The fraction of sp³-hybridized carbons (Fsp3) is 0.714. The standard InChI is InChI=1S/C14H21F3N4O2/c1-19-8-12(7-18-19)9-20-3-2-4-21(6-5-20)13(22)10-23-11-14(15,16)17/h7-8H,2-6,9-11H2,1H3. The molecule has 9 heteroatoms. The summed E-state index contributed by atoms with van der Waals surface area (Å²) in [6.07, 6.45) is 0.127. The number of carbonyl (C=O) groups is 1. The van der Waals surface area contributed by atoms with Crippen LogP contribution in [0, 0.1) is 0 Å². The van der Waals surface area contributed by atoms with Crippen LogP contribution in [0.25, 0.3) is 0 Å². The first-order chi connectivity index (χ1) is 10.8. The van der Waals surface area contributed by atoms with E-state index < -0.39 is 25.3 Å². The van der Waals surface area contributed by atoms with Crippen molar-refractivity contribution in [3.8, 4) is 0 Å². The highest BCUT2D eigenvalue weighted by atomic mass is 19.4. The molecule has 1 aliphatic heterocycles. The van der Waals surface area contributed by atoms with Crippen LogP contribution in [-0.4, -0.2) is 71.1 Å². The minimum absolute atomic E-state index is 0.391. The third kappa shape index (κ3) is 6.19. The molecule has 0 radical (unpaired) electrons. The minimum atomic E-state index is -4.40. The van der Waals surface area contributed by atoms with Crippen LogP contribution in [-0.2, 0) is 23.1 Å². The maximum atomic E-state index is 12.0. The van der Waals surface area contributed by atoms with Crippen molar-refractivity contribution in [2.75, 3.05) is 39.4 Å². The summed E-state index contributed by atoms with van der Waals surface area (Å²) < 4.78 is 42.2. The molecule has 0 atom stereocenters. The quantitative estimate of drug-likeness (QED) is 0.807. The second-order valence-electron chi connectivity index (χ2n) is 5.64. The number of hydrogen-bond donors (Lipinski definition) is 0. The van der Waals surface area contributed by atoms with E-state index in [0.29, 0.717) is 19.6 Å². The molecule has 0 spiro atoms. The Kier molecular flexibility index (Phi) is 6.00. The number of nitrogens with zero attached hydrogens (tertiary/aromatic N) is 4. The third-order valence-electron chi connectivity index (χ3n) is 3.60. The number of ether oxygens (including phenoxy) is 1. The lowest BCUT2D eigenvalue weighted by Gasteiger charge is -2.21. The van der Waals surface area contributed by atoms with Crippen molar-refractivity contribution in [3.63, 3.8) is 0 Å². The number of aryl methyl sites for hydroxylation is 1. The molecule has 0 saturated carbocycles. The van der Waals surface area contributed by atoms with Crippen LogP contribution in [0.15, 0.2) is 12.4 Å². The van der Waals surface area contributed by atoms with Gasteiger partial charge in [-0.3, -0.25) is 14.4 Å². The molecule has 1 aromatic heterocycles. The van der Waals surface area contributed by atoms with Crippen LogP contribution < -0.4 is 0 Å². The molecule has 2 heterocycles. The molecule has 0 unspecified atom stereocenters. The predicted octanol–water partition coefficient (Wildman–Crippen LogP) is 1.03. The number of carbonyl (C=O) groups excluding carboxylic acids is 1. The maximum Gasteiger partial charge on any atom is 0.411 e. The Morgan fingerprint density at radius 2 is 2.09 bits per heavy atom. The lowest BCUT2D eigenvalue weighted by atomic mass is 10.3. The molecule has 130 valence electrons. The second-order valence-corrected chi connectivity index (χ2v) is 5.64. The van der Waals surface area contributed by atoms with E-state index in [9.17, 15) is 18.0 Å². The summed E-state index contributed by atoms with van der Waals surface area (Å²) in [5.41, 5.74) is 1.10. The molecule has 2 rings (SSSR count). The molecular formula is C14H21F3N4O2. The summed E-state index contributed by atoms with van der Waals surface area (Å²) in [7, 11) is 1.85. The van der Waals surface area contributed by atoms with Gasteiger partial charge in [0, 0.05) is 51.5 Å². The Morgan fingerprint density at radius 3 is 2.74 bits per heavy atom. The number of halogens is 3. The second kappa shape index (κ2) is 7.78. The number of amides is 1. The number of hydrogen-bond acceptors (Lipinski definition) is 4. The number of alkyl halides is 3. The summed E-state index contributed by atoms with van der Waals surface area (Å²) in [6, 6.07) is 0. The first-order valence-electron chi connectivity index (χ1n) is 7.45. The molecule has 6 nitrogen and oxygen atoms in total. The van der Waals surface area contributed by atoms with E-state index in [4.69, 9.17) is 0 Å². The topological polar surface area (TPSA) is 50.6 Å². The fourth-order valence-corrected chi connectivity index (χ4v) is 2.54. The van der Waals surface area contributed by atoms with Gasteiger partial charge in [-0.05, 0) is 6.42 Å². The van der Waals surface area contributed by atoms with Gasteiger partial charge in [-0.1, -0.05) is 0 Å². The molecule has 1 saturated heterocycles. The van der Waals surface area contributed by atoms with Gasteiger partial charge >= 0.3 is 6.18 Å². The van der Waals surface area contributed by atoms with Crippen LogP contribution >= 0.6 is 0 Å². The maximum absolute atomic E-state index is 12.0. The molecule has 1 aliphatic rings. The zero-order valence-corrected chi connectivity index (χ0v) is 13.1. The van der Waals surface area contributed by atoms with Crippen LogP contribution in [0.3, 0.4) is 0 Å². The largest absolute Gasteiger partial charge is 0.411 e. The Balaban J connectivity index is 1.75. The minimum Gasteiger partial charge on any atom is -0.362 e. The Hall–Kier alpha value is -1.61. The summed E-state index contributed by atoms with van der Waals surface area (Å²) in [4.78, 5) is 15.7. The van der Waals surface area contributed by atoms with Crippen LogP contribution in [0.1, 0.15) is 12.0 Å². The lowest BCUT2D eigenvalue weighted by molar-refractivity contribution is -0.177. The molecule has 0 aliphatic carbocycles. The van der Waals surface area contributed by atoms with Crippen molar-refractivity contribution in [3.05, 3.63) is 18.0 Å². The van der Waals surface area contributed by atoms with Gasteiger partial charge < -0.3 is 9.64 Å². The zero-order valence-electron chi connectivity index (χ0n) is 13.1. The normalized spacial score (nSPS) is 17.3. The molecule has 0 bridgehead atoms. The van der Waals surface area contributed by atoms with Gasteiger partial charge in [-0.2, -0.15) is 18.3 Å². The van der Waals surface area contributed by atoms with Crippen molar-refractivity contribution >= 4 is 5.91 Å². The van der Waals surface area contributed by atoms with Gasteiger partial charge in [-0.25, -0.2) is 0 Å². The SMILES string of the molecule is Cn1cc(CN2CCCN(C(=O)COCC(F)(F)F)CC2)cn1. The average molecular weight is 334 g/mol. The summed E-state index contributed by atoms with van der Waals surface area (Å²) in [6.45, 7) is 1.39. The number of aromatic nitrogens is 2. The van der Waals surface area contributed by atoms with Gasteiger partial charge in [0.1, 0.15) is 13.2 Å². The van der Waals surface area contributed by atoms with E-state index in [1.165, 1.54) is 0 Å². The number of rotatable bonds is 5. The lowest BCUT2D eigenvalue weighted by Crippen LogP contribution is -2.38. The molecule has 23 heavy (non-hydrogen) atoms. The van der Waals surface area contributed by atoms with Crippen LogP contribution in [0.5, 0.6) is 0 Å². The molecule has 0 N–H and O–H groups in total. The Morgan fingerprint density at radius 1 is 1.30 bits per heavy atom. The van der Waals surface area contributed by atoms with Gasteiger partial charge in [0.15, 0.2) is 0 Å². The van der Waals surface area contributed by atoms with Crippen LogP contribution in [0.2, 0.25) is 0 Å². The Labute approximate surface area is 132 Å². The molecule has 1 fully saturated rings. The first kappa shape index (κ1) is 17.7. The Bertz CT molecular complexity index is 518. The average Bonchev–Trinajstić information content (AvgIpc) is 2.71. The molecule has 0 aromatic carbocycles. The first-order valence-corrected chi connectivity index (χ1v) is 7.45. The summed E-state index contributed by atoms with van der Waals surface area (Å²) in [5.74, 6) is -0.391. The van der Waals surface area contributed by atoms with Crippen molar-refractivity contribution in [1.29, 1.82) is 0 Å². The van der Waals surface area contributed by atoms with Crippen LogP contribution in [0.4, 0.5) is 13.2 Å². The summed E-state index contributed by atoms with van der Waals surface area (Å²) in [5, 5.41) is 4.12. The predicted molar refractivity (Wildman–Crippen MR) is 76.6 cm³/mol. The van der Waals surface area contributed by atoms with Gasteiger partial charge in [0.05, 0.1) is 6.20 Å². The van der Waals surface area contributed by atoms with Gasteiger partial charge in [0.25, 0.3) is 0 Å². The van der Waals surface area contributed by atoms with E-state index in [1.54, 1.807) is 15.8 Å². The van der Waals surface area contributed by atoms with Crippen molar-refractivity contribution < 1.29 is 22.7 Å². The van der Waals surface area contributed by atoms with Crippen molar-refractivity contribution in [2.45, 2.75) is 19.1 Å². The van der Waals surface area contributed by atoms with Gasteiger partial charge in [0.2, 0.25) is 5.91 Å². The highest BCUT2D eigenvalue weighted by molar-refractivity contribution is 5.77. The molecular weight excluding hydrogens is 313 g/mol. The van der Waals surface area contributed by atoms with Crippen molar-refractivity contribution in [1.82, 2.24) is 19.6 Å². The summed E-state index contributed by atoms with van der Waals surface area (Å²) >= 11 is 0.